The fraction of sp³-hybridized carbons (Fsp3) is 0.667. The third kappa shape index (κ3) is 6.96. The Kier molecular flexibility index (Phi) is 8.40. The monoisotopic (exact) mass is 293 g/mol. The van der Waals surface area contributed by atoms with Gasteiger partial charge in [0.2, 0.25) is 0 Å². The standard InChI is InChI=1S/C18H31NO2/c1-6-20-11-7-10-19-13-16(5)21-18-12-17(14(2)3)9-8-15(18)4/h8-9,12,14,16,19H,6-7,10-11,13H2,1-5H3. The highest BCUT2D eigenvalue weighted by atomic mass is 16.5. The summed E-state index contributed by atoms with van der Waals surface area (Å²) in [6, 6.07) is 6.50. The van der Waals surface area contributed by atoms with E-state index < -0.39 is 0 Å². The predicted octanol–water partition coefficient (Wildman–Crippen LogP) is 3.90. The topological polar surface area (TPSA) is 30.5 Å². The summed E-state index contributed by atoms with van der Waals surface area (Å²) in [5, 5.41) is 3.42. The van der Waals surface area contributed by atoms with E-state index in [2.05, 4.69) is 51.2 Å². The molecular formula is C18H31NO2. The van der Waals surface area contributed by atoms with E-state index >= 15 is 0 Å². The second kappa shape index (κ2) is 9.80. The Bertz CT molecular complexity index is 404. The van der Waals surface area contributed by atoms with Gasteiger partial charge in [-0.25, -0.2) is 0 Å². The van der Waals surface area contributed by atoms with Crippen molar-refractivity contribution in [1.82, 2.24) is 5.32 Å². The third-order valence-electron chi connectivity index (χ3n) is 3.49. The Morgan fingerprint density at radius 1 is 1.19 bits per heavy atom. The van der Waals surface area contributed by atoms with E-state index in [9.17, 15) is 0 Å². The van der Waals surface area contributed by atoms with Crippen LogP contribution in [-0.4, -0.2) is 32.4 Å². The average molecular weight is 293 g/mol. The van der Waals surface area contributed by atoms with Crippen LogP contribution in [0.5, 0.6) is 5.75 Å². The summed E-state index contributed by atoms with van der Waals surface area (Å²) in [7, 11) is 0. The van der Waals surface area contributed by atoms with Crippen molar-refractivity contribution in [2.75, 3.05) is 26.3 Å². The predicted molar refractivity (Wildman–Crippen MR) is 89.3 cm³/mol. The quantitative estimate of drug-likeness (QED) is 0.664. The van der Waals surface area contributed by atoms with Crippen molar-refractivity contribution in [1.29, 1.82) is 0 Å². The number of rotatable bonds is 10. The van der Waals surface area contributed by atoms with Crippen LogP contribution in [0, 0.1) is 6.92 Å². The van der Waals surface area contributed by atoms with E-state index in [1.807, 2.05) is 6.92 Å². The first-order chi connectivity index (χ1) is 10.0. The fourth-order valence-corrected chi connectivity index (χ4v) is 2.11. The molecule has 0 aliphatic carbocycles. The van der Waals surface area contributed by atoms with Crippen LogP contribution in [-0.2, 0) is 4.74 Å². The molecule has 1 N–H and O–H groups in total. The molecule has 0 heterocycles. The molecule has 1 rings (SSSR count). The molecule has 0 aliphatic heterocycles. The molecule has 1 atom stereocenters. The van der Waals surface area contributed by atoms with E-state index in [1.165, 1.54) is 11.1 Å². The number of aryl methyl sites for hydroxylation is 1. The molecule has 0 bridgehead atoms. The Labute approximate surface area is 130 Å². The molecule has 0 aromatic heterocycles. The minimum absolute atomic E-state index is 0.165. The van der Waals surface area contributed by atoms with Gasteiger partial charge in [-0.15, -0.1) is 0 Å². The van der Waals surface area contributed by atoms with Gasteiger partial charge in [-0.3, -0.25) is 0 Å². The highest BCUT2D eigenvalue weighted by Gasteiger charge is 2.08. The Balaban J connectivity index is 2.36. The SMILES string of the molecule is CCOCCCNCC(C)Oc1cc(C(C)C)ccc1C. The number of hydrogen-bond acceptors (Lipinski definition) is 3. The molecule has 1 unspecified atom stereocenters. The maximum absolute atomic E-state index is 6.07. The van der Waals surface area contributed by atoms with Gasteiger partial charge >= 0.3 is 0 Å². The van der Waals surface area contributed by atoms with E-state index in [-0.39, 0.29) is 6.10 Å². The summed E-state index contributed by atoms with van der Waals surface area (Å²) in [5.41, 5.74) is 2.52. The van der Waals surface area contributed by atoms with Crippen LogP contribution in [0.15, 0.2) is 18.2 Å². The second-order valence-corrected chi connectivity index (χ2v) is 5.86. The van der Waals surface area contributed by atoms with Crippen LogP contribution in [0.2, 0.25) is 0 Å². The molecule has 0 aliphatic rings. The molecule has 1 aromatic carbocycles. The maximum Gasteiger partial charge on any atom is 0.122 e. The van der Waals surface area contributed by atoms with Crippen molar-refractivity contribution in [2.24, 2.45) is 0 Å². The Morgan fingerprint density at radius 2 is 1.95 bits per heavy atom. The van der Waals surface area contributed by atoms with Crippen LogP contribution >= 0.6 is 0 Å². The molecule has 3 nitrogen and oxygen atoms in total. The molecule has 21 heavy (non-hydrogen) atoms. The Morgan fingerprint density at radius 3 is 2.62 bits per heavy atom. The van der Waals surface area contributed by atoms with Crippen LogP contribution in [0.25, 0.3) is 0 Å². The minimum Gasteiger partial charge on any atom is -0.489 e. The van der Waals surface area contributed by atoms with Crippen molar-refractivity contribution in [2.45, 2.75) is 53.1 Å². The first kappa shape index (κ1) is 18.0. The first-order valence-electron chi connectivity index (χ1n) is 8.10. The van der Waals surface area contributed by atoms with E-state index in [4.69, 9.17) is 9.47 Å². The molecule has 0 amide bonds. The lowest BCUT2D eigenvalue weighted by molar-refractivity contribution is 0.143. The lowest BCUT2D eigenvalue weighted by Crippen LogP contribution is -2.30. The van der Waals surface area contributed by atoms with E-state index in [1.54, 1.807) is 0 Å². The third-order valence-corrected chi connectivity index (χ3v) is 3.49. The van der Waals surface area contributed by atoms with Crippen molar-refractivity contribution in [3.8, 4) is 5.75 Å². The second-order valence-electron chi connectivity index (χ2n) is 5.86. The van der Waals surface area contributed by atoms with Crippen LogP contribution in [0.4, 0.5) is 0 Å². The molecule has 0 spiro atoms. The first-order valence-corrected chi connectivity index (χ1v) is 8.10. The van der Waals surface area contributed by atoms with Gasteiger partial charge in [0.1, 0.15) is 11.9 Å². The highest BCUT2D eigenvalue weighted by Crippen LogP contribution is 2.25. The number of hydrogen-bond donors (Lipinski definition) is 1. The average Bonchev–Trinajstić information content (AvgIpc) is 2.44. The van der Waals surface area contributed by atoms with E-state index in [0.29, 0.717) is 5.92 Å². The molecule has 0 fully saturated rings. The van der Waals surface area contributed by atoms with Gasteiger partial charge < -0.3 is 14.8 Å². The summed E-state index contributed by atoms with van der Waals surface area (Å²) >= 11 is 0. The van der Waals surface area contributed by atoms with Crippen molar-refractivity contribution >= 4 is 0 Å². The largest absolute Gasteiger partial charge is 0.489 e. The summed E-state index contributed by atoms with van der Waals surface area (Å²) in [6.45, 7) is 14.1. The normalized spacial score (nSPS) is 12.7. The van der Waals surface area contributed by atoms with Gasteiger partial charge in [-0.05, 0) is 56.8 Å². The van der Waals surface area contributed by atoms with Gasteiger partial charge in [0.05, 0.1) is 0 Å². The number of nitrogens with one attached hydrogen (secondary N) is 1. The summed E-state index contributed by atoms with van der Waals surface area (Å²) in [5.74, 6) is 1.53. The molecule has 0 saturated heterocycles. The van der Waals surface area contributed by atoms with Crippen LogP contribution in [0.1, 0.15) is 51.2 Å². The molecule has 120 valence electrons. The van der Waals surface area contributed by atoms with Crippen molar-refractivity contribution in [3.63, 3.8) is 0 Å². The zero-order chi connectivity index (χ0) is 15.7. The maximum atomic E-state index is 6.07. The fourth-order valence-electron chi connectivity index (χ4n) is 2.11. The van der Waals surface area contributed by atoms with Crippen LogP contribution < -0.4 is 10.1 Å². The van der Waals surface area contributed by atoms with Gasteiger partial charge in [0, 0.05) is 19.8 Å². The lowest BCUT2D eigenvalue weighted by Gasteiger charge is -2.18. The van der Waals surface area contributed by atoms with Gasteiger partial charge in [0.15, 0.2) is 0 Å². The zero-order valence-electron chi connectivity index (χ0n) is 14.2. The van der Waals surface area contributed by atoms with Gasteiger partial charge in [0.25, 0.3) is 0 Å². The van der Waals surface area contributed by atoms with Crippen molar-refractivity contribution in [3.05, 3.63) is 29.3 Å². The summed E-state index contributed by atoms with van der Waals surface area (Å²) in [4.78, 5) is 0. The molecule has 0 saturated carbocycles. The molecule has 0 radical (unpaired) electrons. The molecular weight excluding hydrogens is 262 g/mol. The van der Waals surface area contributed by atoms with Crippen molar-refractivity contribution < 1.29 is 9.47 Å². The number of ether oxygens (including phenoxy) is 2. The van der Waals surface area contributed by atoms with E-state index in [0.717, 1.165) is 38.5 Å². The zero-order valence-corrected chi connectivity index (χ0v) is 14.2. The number of benzene rings is 1. The summed E-state index contributed by atoms with van der Waals surface area (Å²) < 4.78 is 11.4. The highest BCUT2D eigenvalue weighted by molar-refractivity contribution is 5.37. The van der Waals surface area contributed by atoms with Crippen LogP contribution in [0.3, 0.4) is 0 Å². The van der Waals surface area contributed by atoms with Gasteiger partial charge in [-0.2, -0.15) is 0 Å². The lowest BCUT2D eigenvalue weighted by atomic mass is 10.0. The van der Waals surface area contributed by atoms with Gasteiger partial charge in [-0.1, -0.05) is 26.0 Å². The smallest absolute Gasteiger partial charge is 0.122 e. The minimum atomic E-state index is 0.165. The summed E-state index contributed by atoms with van der Waals surface area (Å²) in [6.07, 6.45) is 1.21. The Hall–Kier alpha value is -1.06. The molecule has 3 heteroatoms. The molecule has 1 aromatic rings.